The predicted octanol–water partition coefficient (Wildman–Crippen LogP) is 3.16. The van der Waals surface area contributed by atoms with Crippen LogP contribution in [0.25, 0.3) is 0 Å². The van der Waals surface area contributed by atoms with Crippen molar-refractivity contribution < 1.29 is 4.74 Å². The number of imidazole rings is 1. The Hall–Kier alpha value is -1.65. The summed E-state index contributed by atoms with van der Waals surface area (Å²) in [4.78, 5) is 4.31. The van der Waals surface area contributed by atoms with Gasteiger partial charge < -0.3 is 15.0 Å². The maximum atomic E-state index is 6.43. The van der Waals surface area contributed by atoms with Gasteiger partial charge in [0.05, 0.1) is 36.9 Å². The standard InChI is InChI=1S/C17H25N3O/c1-4-21-11-16(13(2)3)20-12-19-10-15(20)17(18)14-8-6-5-7-9-14/h5-10,12-13,16-17H,4,11,18H2,1-3H3. The second kappa shape index (κ2) is 7.38. The van der Waals surface area contributed by atoms with Crippen molar-refractivity contribution in [3.8, 4) is 0 Å². The van der Waals surface area contributed by atoms with Crippen LogP contribution >= 0.6 is 0 Å². The third-order valence-electron chi connectivity index (χ3n) is 3.79. The molecule has 2 unspecified atom stereocenters. The normalized spacial score (nSPS) is 14.3. The van der Waals surface area contributed by atoms with Gasteiger partial charge in [-0.3, -0.25) is 0 Å². The van der Waals surface area contributed by atoms with Gasteiger partial charge in [0.15, 0.2) is 0 Å². The first kappa shape index (κ1) is 15.7. The summed E-state index contributed by atoms with van der Waals surface area (Å²) in [6, 6.07) is 10.2. The third kappa shape index (κ3) is 3.71. The molecule has 2 atom stereocenters. The number of ether oxygens (including phenoxy) is 1. The fraction of sp³-hybridized carbons (Fsp3) is 0.471. The molecule has 0 aliphatic carbocycles. The lowest BCUT2D eigenvalue weighted by Gasteiger charge is -2.26. The Morgan fingerprint density at radius 1 is 1.24 bits per heavy atom. The van der Waals surface area contributed by atoms with Crippen LogP contribution in [0.4, 0.5) is 0 Å². The number of hydrogen-bond acceptors (Lipinski definition) is 3. The molecule has 0 saturated heterocycles. The highest BCUT2D eigenvalue weighted by Gasteiger charge is 2.21. The Kier molecular flexibility index (Phi) is 5.53. The zero-order valence-corrected chi connectivity index (χ0v) is 13.1. The molecule has 1 aromatic heterocycles. The van der Waals surface area contributed by atoms with Crippen LogP contribution in [0.1, 0.15) is 44.1 Å². The molecule has 0 aliphatic rings. The second-order valence-electron chi connectivity index (χ2n) is 5.58. The lowest BCUT2D eigenvalue weighted by Crippen LogP contribution is -2.25. The van der Waals surface area contributed by atoms with E-state index in [1.165, 1.54) is 0 Å². The van der Waals surface area contributed by atoms with Crippen molar-refractivity contribution in [3.05, 3.63) is 54.1 Å². The Morgan fingerprint density at radius 3 is 2.57 bits per heavy atom. The highest BCUT2D eigenvalue weighted by atomic mass is 16.5. The molecule has 4 nitrogen and oxygen atoms in total. The number of hydrogen-bond donors (Lipinski definition) is 1. The largest absolute Gasteiger partial charge is 0.380 e. The Morgan fingerprint density at radius 2 is 1.95 bits per heavy atom. The zero-order valence-electron chi connectivity index (χ0n) is 13.1. The summed E-state index contributed by atoms with van der Waals surface area (Å²) < 4.78 is 7.80. The molecular weight excluding hydrogens is 262 g/mol. The van der Waals surface area contributed by atoms with Gasteiger partial charge in [0.1, 0.15) is 0 Å². The van der Waals surface area contributed by atoms with Crippen molar-refractivity contribution in [1.29, 1.82) is 0 Å². The van der Waals surface area contributed by atoms with E-state index in [0.717, 1.165) is 17.9 Å². The summed E-state index contributed by atoms with van der Waals surface area (Å²) in [5, 5.41) is 0. The molecule has 2 N–H and O–H groups in total. The quantitative estimate of drug-likeness (QED) is 0.851. The Labute approximate surface area is 127 Å². The SMILES string of the molecule is CCOCC(C(C)C)n1cncc1C(N)c1ccccc1. The van der Waals surface area contributed by atoms with Gasteiger partial charge >= 0.3 is 0 Å². The van der Waals surface area contributed by atoms with Crippen LogP contribution in [-0.2, 0) is 4.74 Å². The van der Waals surface area contributed by atoms with E-state index in [1.54, 1.807) is 0 Å². The smallest absolute Gasteiger partial charge is 0.0952 e. The van der Waals surface area contributed by atoms with Crippen LogP contribution in [0.15, 0.2) is 42.9 Å². The van der Waals surface area contributed by atoms with Crippen LogP contribution in [0.2, 0.25) is 0 Å². The zero-order chi connectivity index (χ0) is 15.2. The number of benzene rings is 1. The number of nitrogens with two attached hydrogens (primary N) is 1. The summed E-state index contributed by atoms with van der Waals surface area (Å²) in [6.45, 7) is 7.81. The molecule has 2 aromatic rings. The fourth-order valence-corrected chi connectivity index (χ4v) is 2.50. The molecule has 0 saturated carbocycles. The highest BCUT2D eigenvalue weighted by molar-refractivity contribution is 5.26. The molecule has 0 aliphatic heterocycles. The van der Waals surface area contributed by atoms with Crippen LogP contribution in [0.5, 0.6) is 0 Å². The van der Waals surface area contributed by atoms with Gasteiger partial charge in [0, 0.05) is 6.61 Å². The van der Waals surface area contributed by atoms with E-state index in [0.29, 0.717) is 12.5 Å². The van der Waals surface area contributed by atoms with Gasteiger partial charge in [-0.15, -0.1) is 0 Å². The van der Waals surface area contributed by atoms with Gasteiger partial charge in [-0.1, -0.05) is 44.2 Å². The van der Waals surface area contributed by atoms with Crippen molar-refractivity contribution >= 4 is 0 Å². The third-order valence-corrected chi connectivity index (χ3v) is 3.79. The molecule has 0 bridgehead atoms. The van der Waals surface area contributed by atoms with E-state index in [2.05, 4.69) is 35.5 Å². The first-order valence-corrected chi connectivity index (χ1v) is 7.55. The van der Waals surface area contributed by atoms with Crippen molar-refractivity contribution in [2.24, 2.45) is 11.7 Å². The minimum absolute atomic E-state index is 0.170. The molecule has 0 spiro atoms. The lowest BCUT2D eigenvalue weighted by molar-refractivity contribution is 0.0951. The summed E-state index contributed by atoms with van der Waals surface area (Å²) in [7, 11) is 0. The highest BCUT2D eigenvalue weighted by Crippen LogP contribution is 2.26. The van der Waals surface area contributed by atoms with E-state index in [9.17, 15) is 0 Å². The summed E-state index contributed by atoms with van der Waals surface area (Å²) in [5.41, 5.74) is 8.55. The predicted molar refractivity (Wildman–Crippen MR) is 85.1 cm³/mol. The number of nitrogens with zero attached hydrogens (tertiary/aromatic N) is 2. The van der Waals surface area contributed by atoms with Gasteiger partial charge in [-0.2, -0.15) is 0 Å². The molecule has 1 aromatic carbocycles. The maximum absolute atomic E-state index is 6.43. The van der Waals surface area contributed by atoms with Crippen molar-refractivity contribution in [3.63, 3.8) is 0 Å². The minimum Gasteiger partial charge on any atom is -0.380 e. The summed E-state index contributed by atoms with van der Waals surface area (Å²) in [5.74, 6) is 0.451. The first-order valence-electron chi connectivity index (χ1n) is 7.55. The van der Waals surface area contributed by atoms with Crippen LogP contribution in [0, 0.1) is 5.92 Å². The Bertz CT molecular complexity index is 536. The van der Waals surface area contributed by atoms with Crippen molar-refractivity contribution in [2.45, 2.75) is 32.9 Å². The average molecular weight is 287 g/mol. The molecule has 0 amide bonds. The van der Waals surface area contributed by atoms with E-state index in [4.69, 9.17) is 10.5 Å². The molecular formula is C17H25N3O. The van der Waals surface area contributed by atoms with E-state index in [1.807, 2.05) is 37.6 Å². The fourth-order valence-electron chi connectivity index (χ4n) is 2.50. The van der Waals surface area contributed by atoms with Crippen molar-refractivity contribution in [1.82, 2.24) is 9.55 Å². The molecule has 1 heterocycles. The van der Waals surface area contributed by atoms with Crippen molar-refractivity contribution in [2.75, 3.05) is 13.2 Å². The molecule has 0 radical (unpaired) electrons. The average Bonchev–Trinajstić information content (AvgIpc) is 2.96. The Balaban J connectivity index is 2.28. The molecule has 0 fully saturated rings. The molecule has 114 valence electrons. The summed E-state index contributed by atoms with van der Waals surface area (Å²) >= 11 is 0. The van der Waals surface area contributed by atoms with Crippen LogP contribution in [-0.4, -0.2) is 22.8 Å². The topological polar surface area (TPSA) is 53.1 Å². The molecule has 4 heteroatoms. The van der Waals surface area contributed by atoms with Gasteiger partial charge in [-0.25, -0.2) is 4.98 Å². The monoisotopic (exact) mass is 287 g/mol. The van der Waals surface area contributed by atoms with Gasteiger partial charge in [0.2, 0.25) is 0 Å². The second-order valence-corrected chi connectivity index (χ2v) is 5.58. The molecule has 21 heavy (non-hydrogen) atoms. The van der Waals surface area contributed by atoms with Crippen LogP contribution in [0.3, 0.4) is 0 Å². The van der Waals surface area contributed by atoms with Gasteiger partial charge in [-0.05, 0) is 18.4 Å². The first-order chi connectivity index (χ1) is 10.1. The summed E-state index contributed by atoms with van der Waals surface area (Å²) in [6.07, 6.45) is 3.72. The lowest BCUT2D eigenvalue weighted by atomic mass is 10.0. The maximum Gasteiger partial charge on any atom is 0.0952 e. The van der Waals surface area contributed by atoms with E-state index in [-0.39, 0.29) is 12.1 Å². The van der Waals surface area contributed by atoms with Crippen LogP contribution < -0.4 is 5.73 Å². The van der Waals surface area contributed by atoms with Gasteiger partial charge in [0.25, 0.3) is 0 Å². The molecule has 2 rings (SSSR count). The van der Waals surface area contributed by atoms with E-state index >= 15 is 0 Å². The number of rotatable bonds is 7. The number of aromatic nitrogens is 2. The van der Waals surface area contributed by atoms with E-state index < -0.39 is 0 Å². The minimum atomic E-state index is -0.170.